The van der Waals surface area contributed by atoms with Gasteiger partial charge in [-0.3, -0.25) is 0 Å². The van der Waals surface area contributed by atoms with Crippen LogP contribution in [0.4, 0.5) is 0 Å². The fraction of sp³-hybridized carbons (Fsp3) is 0.143. The van der Waals surface area contributed by atoms with E-state index in [9.17, 15) is 8.42 Å². The predicted octanol–water partition coefficient (Wildman–Crippen LogP) is 3.29. The molecule has 0 atom stereocenters. The Morgan fingerprint density at radius 2 is 2.00 bits per heavy atom. The van der Waals surface area contributed by atoms with Gasteiger partial charge in [0.1, 0.15) is 0 Å². The van der Waals surface area contributed by atoms with Gasteiger partial charge in [0.2, 0.25) is 0 Å². The summed E-state index contributed by atoms with van der Waals surface area (Å²) in [5, 5.41) is 0. The van der Waals surface area contributed by atoms with Gasteiger partial charge in [0.25, 0.3) is 9.05 Å². The summed E-state index contributed by atoms with van der Waals surface area (Å²) >= 11 is 5.23. The van der Waals surface area contributed by atoms with E-state index in [1.54, 1.807) is 0 Å². The van der Waals surface area contributed by atoms with Gasteiger partial charge in [0.05, 0.1) is 4.90 Å². The van der Waals surface area contributed by atoms with Crippen LogP contribution in [0, 0.1) is 10.5 Å². The highest BCUT2D eigenvalue weighted by Crippen LogP contribution is 2.29. The van der Waals surface area contributed by atoms with E-state index >= 15 is 0 Å². The maximum atomic E-state index is 11.1. The number of rotatable bonds is 1. The minimum absolute atomic E-state index is 0.124. The number of hydrogen-bond acceptors (Lipinski definition) is 2. The summed E-state index contributed by atoms with van der Waals surface area (Å²) < 4.78 is 23.6. The molecule has 0 amide bonds. The largest absolute Gasteiger partial charge is 0.262 e. The second-order valence-corrected chi connectivity index (χ2v) is 7.05. The molecule has 0 aliphatic carbocycles. The first kappa shape index (κ1) is 11.7. The molecule has 0 aromatic heterocycles. The maximum absolute atomic E-state index is 11.1. The second kappa shape index (κ2) is 4.04. The molecule has 0 aliphatic heterocycles. The lowest BCUT2D eigenvalue weighted by Crippen LogP contribution is -1.95. The number of halogens is 3. The van der Waals surface area contributed by atoms with Gasteiger partial charge in [0.15, 0.2) is 0 Å². The highest BCUT2D eigenvalue weighted by Gasteiger charge is 2.16. The van der Waals surface area contributed by atoms with Gasteiger partial charge in [-0.2, -0.15) is 0 Å². The van der Waals surface area contributed by atoms with Crippen LogP contribution in [0.25, 0.3) is 0 Å². The third-order valence-electron chi connectivity index (χ3n) is 1.45. The predicted molar refractivity (Wildman–Crippen MR) is 64.6 cm³/mol. The van der Waals surface area contributed by atoms with Crippen LogP contribution in [0.3, 0.4) is 0 Å². The Morgan fingerprint density at radius 3 is 2.46 bits per heavy atom. The lowest BCUT2D eigenvalue weighted by Gasteiger charge is -2.04. The molecule has 1 aromatic rings. The Hall–Kier alpha value is 0.670. The molecule has 72 valence electrons. The highest BCUT2D eigenvalue weighted by atomic mass is 127. The SMILES string of the molecule is Cc1cc(I)cc(S(=O)(=O)Cl)c1Br. The lowest BCUT2D eigenvalue weighted by atomic mass is 10.2. The van der Waals surface area contributed by atoms with Crippen LogP contribution < -0.4 is 0 Å². The minimum Gasteiger partial charge on any atom is -0.207 e. The molecule has 0 fully saturated rings. The van der Waals surface area contributed by atoms with Gasteiger partial charge in [-0.15, -0.1) is 0 Å². The van der Waals surface area contributed by atoms with Gasteiger partial charge in [0, 0.05) is 18.7 Å². The Labute approximate surface area is 103 Å². The van der Waals surface area contributed by atoms with Crippen LogP contribution in [-0.2, 0) is 9.05 Å². The summed E-state index contributed by atoms with van der Waals surface area (Å²) in [6.07, 6.45) is 0. The maximum Gasteiger partial charge on any atom is 0.262 e. The third-order valence-corrected chi connectivity index (χ3v) is 4.73. The zero-order chi connectivity index (χ0) is 10.2. The second-order valence-electron chi connectivity index (χ2n) is 2.47. The summed E-state index contributed by atoms with van der Waals surface area (Å²) in [5.41, 5.74) is 0.853. The molecule has 0 saturated heterocycles. The fourth-order valence-corrected chi connectivity index (χ4v) is 4.02. The van der Waals surface area contributed by atoms with Crippen molar-refractivity contribution >= 4 is 58.3 Å². The quantitative estimate of drug-likeness (QED) is 0.540. The van der Waals surface area contributed by atoms with Crippen molar-refractivity contribution in [2.75, 3.05) is 0 Å². The highest BCUT2D eigenvalue weighted by molar-refractivity contribution is 14.1. The van der Waals surface area contributed by atoms with Gasteiger partial charge in [-0.05, 0) is 63.1 Å². The normalized spacial score (nSPS) is 11.7. The van der Waals surface area contributed by atoms with Gasteiger partial charge in [-0.25, -0.2) is 8.42 Å². The zero-order valence-corrected chi connectivity index (χ0v) is 11.8. The monoisotopic (exact) mass is 394 g/mol. The van der Waals surface area contributed by atoms with E-state index in [1.807, 2.05) is 35.6 Å². The van der Waals surface area contributed by atoms with E-state index < -0.39 is 9.05 Å². The molecule has 1 aromatic carbocycles. The first-order valence-corrected chi connectivity index (χ1v) is 7.41. The summed E-state index contributed by atoms with van der Waals surface area (Å²) in [6.45, 7) is 1.82. The Balaban J connectivity index is 3.56. The molecule has 0 unspecified atom stereocenters. The number of benzene rings is 1. The van der Waals surface area contributed by atoms with Crippen molar-refractivity contribution in [3.8, 4) is 0 Å². The summed E-state index contributed by atoms with van der Waals surface area (Å²) in [6, 6.07) is 3.40. The van der Waals surface area contributed by atoms with Crippen molar-refractivity contribution in [1.29, 1.82) is 0 Å². The molecule has 13 heavy (non-hydrogen) atoms. The molecular formula is C7H5BrClIO2S. The molecule has 0 spiro atoms. The van der Waals surface area contributed by atoms with Crippen LogP contribution >= 0.6 is 49.2 Å². The standard InChI is InChI=1S/C7H5BrClIO2S/c1-4-2-5(10)3-6(7(4)8)13(9,11)12/h2-3H,1H3. The smallest absolute Gasteiger partial charge is 0.207 e. The van der Waals surface area contributed by atoms with Crippen molar-refractivity contribution in [2.45, 2.75) is 11.8 Å². The molecule has 0 heterocycles. The van der Waals surface area contributed by atoms with Crippen LogP contribution in [0.15, 0.2) is 21.5 Å². The summed E-state index contributed by atoms with van der Waals surface area (Å²) in [7, 11) is 1.59. The molecule has 0 saturated carbocycles. The number of hydrogen-bond donors (Lipinski definition) is 0. The van der Waals surface area contributed by atoms with Crippen LogP contribution in [-0.4, -0.2) is 8.42 Å². The van der Waals surface area contributed by atoms with Gasteiger partial charge in [-0.1, -0.05) is 0 Å². The van der Waals surface area contributed by atoms with Gasteiger partial charge >= 0.3 is 0 Å². The Bertz CT molecular complexity index is 444. The molecule has 6 heteroatoms. The molecule has 1 rings (SSSR count). The zero-order valence-electron chi connectivity index (χ0n) is 6.51. The van der Waals surface area contributed by atoms with Crippen LogP contribution in [0.1, 0.15) is 5.56 Å². The molecule has 0 radical (unpaired) electrons. The lowest BCUT2D eigenvalue weighted by molar-refractivity contribution is 0.609. The van der Waals surface area contributed by atoms with E-state index in [1.165, 1.54) is 6.07 Å². The van der Waals surface area contributed by atoms with E-state index in [4.69, 9.17) is 10.7 Å². The number of aryl methyl sites for hydroxylation is 1. The fourth-order valence-electron chi connectivity index (χ4n) is 0.872. The Morgan fingerprint density at radius 1 is 1.46 bits per heavy atom. The van der Waals surface area contributed by atoms with Crippen molar-refractivity contribution in [1.82, 2.24) is 0 Å². The minimum atomic E-state index is -3.66. The van der Waals surface area contributed by atoms with E-state index in [0.717, 1.165) is 9.13 Å². The summed E-state index contributed by atoms with van der Waals surface area (Å²) in [5.74, 6) is 0. The molecular weight excluding hydrogens is 390 g/mol. The molecule has 0 N–H and O–H groups in total. The van der Waals surface area contributed by atoms with Crippen molar-refractivity contribution in [2.24, 2.45) is 0 Å². The molecule has 2 nitrogen and oxygen atoms in total. The molecule has 0 aliphatic rings. The first-order valence-electron chi connectivity index (χ1n) is 3.22. The Kier molecular flexibility index (Phi) is 3.65. The average molecular weight is 395 g/mol. The summed E-state index contributed by atoms with van der Waals surface area (Å²) in [4.78, 5) is 0.124. The van der Waals surface area contributed by atoms with Crippen molar-refractivity contribution in [3.05, 3.63) is 25.7 Å². The van der Waals surface area contributed by atoms with Crippen molar-refractivity contribution in [3.63, 3.8) is 0 Å². The van der Waals surface area contributed by atoms with E-state index in [2.05, 4.69) is 15.9 Å². The molecule has 0 bridgehead atoms. The van der Waals surface area contributed by atoms with Crippen LogP contribution in [0.5, 0.6) is 0 Å². The average Bonchev–Trinajstić information content (AvgIpc) is 1.94. The first-order chi connectivity index (χ1) is 5.82. The van der Waals surface area contributed by atoms with Crippen molar-refractivity contribution < 1.29 is 8.42 Å². The van der Waals surface area contributed by atoms with Crippen LogP contribution in [0.2, 0.25) is 0 Å². The third kappa shape index (κ3) is 2.81. The topological polar surface area (TPSA) is 34.1 Å². The van der Waals surface area contributed by atoms with E-state index in [0.29, 0.717) is 4.47 Å². The van der Waals surface area contributed by atoms with Gasteiger partial charge < -0.3 is 0 Å². The van der Waals surface area contributed by atoms with E-state index in [-0.39, 0.29) is 4.90 Å².